The number of aromatic nitrogens is 3. The number of piperazine rings is 1. The third kappa shape index (κ3) is 6.52. The zero-order valence-electron chi connectivity index (χ0n) is 23.3. The Kier molecular flexibility index (Phi) is 8.62. The number of rotatable bonds is 8. The van der Waals surface area contributed by atoms with E-state index < -0.39 is 17.7 Å². The number of benzene rings is 2. The number of fused-ring (bicyclic) bond motifs is 1. The maximum absolute atomic E-state index is 12.7. The molecule has 10 nitrogen and oxygen atoms in total. The molecular weight excluding hydrogens is 576 g/mol. The van der Waals surface area contributed by atoms with Crippen molar-refractivity contribution in [2.24, 2.45) is 0 Å². The van der Waals surface area contributed by atoms with Crippen LogP contribution in [0.1, 0.15) is 18.4 Å². The smallest absolute Gasteiger partial charge is 0.251 e. The van der Waals surface area contributed by atoms with Crippen LogP contribution in [0.2, 0.25) is 0 Å². The van der Waals surface area contributed by atoms with Crippen LogP contribution in [0, 0.1) is 11.3 Å². The van der Waals surface area contributed by atoms with E-state index in [4.69, 9.17) is 4.74 Å². The number of piperidine rings is 1. The summed E-state index contributed by atoms with van der Waals surface area (Å²) in [5.74, 6) is 0.477. The number of hydrogen-bond acceptors (Lipinski definition) is 7. The topological polar surface area (TPSA) is 122 Å². The van der Waals surface area contributed by atoms with Crippen molar-refractivity contribution in [3.05, 3.63) is 60.4 Å². The van der Waals surface area contributed by atoms with Crippen LogP contribution in [-0.2, 0) is 11.3 Å². The molecule has 13 heteroatoms. The van der Waals surface area contributed by atoms with Crippen molar-refractivity contribution in [2.75, 3.05) is 50.7 Å². The fraction of sp³-hybridized carbons (Fsp3) is 0.367. The van der Waals surface area contributed by atoms with Crippen LogP contribution in [0.4, 0.5) is 14.5 Å². The largest absolute Gasteiger partial charge is 0.489 e. The van der Waals surface area contributed by atoms with Gasteiger partial charge in [-0.1, -0.05) is 12.1 Å². The van der Waals surface area contributed by atoms with E-state index in [0.29, 0.717) is 74.8 Å². The summed E-state index contributed by atoms with van der Waals surface area (Å²) in [6, 6.07) is 17.8. The number of ether oxygens (including phenoxy) is 1. The van der Waals surface area contributed by atoms with Crippen molar-refractivity contribution >= 4 is 28.0 Å². The third-order valence-corrected chi connectivity index (χ3v) is 8.83. The Labute approximate surface area is 250 Å². The van der Waals surface area contributed by atoms with Gasteiger partial charge in [-0.15, -0.1) is 0 Å². The number of hydrogen-bond donors (Lipinski definition) is 2. The van der Waals surface area contributed by atoms with Crippen molar-refractivity contribution in [3.8, 4) is 34.3 Å². The number of nitriles is 1. The van der Waals surface area contributed by atoms with Gasteiger partial charge in [0.1, 0.15) is 29.9 Å². The number of halogens is 2. The van der Waals surface area contributed by atoms with Gasteiger partial charge in [-0.3, -0.25) is 9.45 Å². The zero-order chi connectivity index (χ0) is 29.9. The minimum Gasteiger partial charge on any atom is -0.489 e. The molecule has 2 aromatic carbocycles. The second kappa shape index (κ2) is 12.7. The first-order chi connectivity index (χ1) is 20.9. The first kappa shape index (κ1) is 29.1. The molecule has 0 aliphatic carbocycles. The molecule has 224 valence electrons. The average molecular weight is 608 g/mol. The summed E-state index contributed by atoms with van der Waals surface area (Å²) >= 11 is -1.98. The highest BCUT2D eigenvalue weighted by molar-refractivity contribution is 7.76. The number of H-pyrrole nitrogens is 1. The summed E-state index contributed by atoms with van der Waals surface area (Å²) in [5.41, 5.74) is 5.41. The molecule has 43 heavy (non-hydrogen) atoms. The molecule has 0 amide bonds. The van der Waals surface area contributed by atoms with E-state index in [1.165, 1.54) is 10.6 Å². The minimum atomic E-state index is -2.31. The van der Waals surface area contributed by atoms with Crippen LogP contribution < -0.4 is 9.64 Å². The van der Waals surface area contributed by atoms with Gasteiger partial charge in [-0.25, -0.2) is 27.3 Å². The van der Waals surface area contributed by atoms with Gasteiger partial charge in [-0.05, 0) is 54.8 Å². The van der Waals surface area contributed by atoms with Crippen LogP contribution in [0.25, 0.3) is 33.5 Å². The van der Waals surface area contributed by atoms with Gasteiger partial charge >= 0.3 is 0 Å². The number of aromatic amines is 1. The fourth-order valence-corrected chi connectivity index (χ4v) is 6.24. The normalized spacial score (nSPS) is 17.8. The Balaban J connectivity index is 1.18. The number of anilines is 1. The SMILES string of the molecule is N#Cc1cc(-c2ncnc3[nH]c(-c4ccc(N5CCN(CC(F)F)CC5)cc4)cc23)ccc1OC1CCN(S(=O)O)CC1. The Morgan fingerprint density at radius 3 is 2.42 bits per heavy atom. The predicted molar refractivity (Wildman–Crippen MR) is 160 cm³/mol. The molecule has 1 unspecified atom stereocenters. The van der Waals surface area contributed by atoms with Gasteiger partial charge < -0.3 is 14.6 Å². The fourth-order valence-electron chi connectivity index (χ4n) is 5.71. The van der Waals surface area contributed by atoms with Gasteiger partial charge in [0.2, 0.25) is 11.3 Å². The van der Waals surface area contributed by atoms with Gasteiger partial charge in [0.25, 0.3) is 6.43 Å². The predicted octanol–water partition coefficient (Wildman–Crippen LogP) is 4.53. The van der Waals surface area contributed by atoms with Crippen LogP contribution in [0.3, 0.4) is 0 Å². The number of alkyl halides is 2. The molecule has 0 saturated carbocycles. The van der Waals surface area contributed by atoms with Gasteiger partial charge in [-0.2, -0.15) is 5.26 Å². The summed E-state index contributed by atoms with van der Waals surface area (Å²) in [4.78, 5) is 16.3. The first-order valence-corrected chi connectivity index (χ1v) is 15.2. The standard InChI is InChI=1S/C30H31F2N7O3S/c31-28(32)18-37-11-13-38(14-12-37)23-4-1-20(2-5-23)26-16-25-29(34-19-35-30(25)36-26)21-3-6-27(22(15-21)17-33)42-24-7-9-39(10-8-24)43(40)41/h1-6,15-16,19,24,28H,7-14,18H2,(H,40,41)(H,34,35,36). The monoisotopic (exact) mass is 607 g/mol. The highest BCUT2D eigenvalue weighted by Gasteiger charge is 2.25. The van der Waals surface area contributed by atoms with Gasteiger partial charge in [0.05, 0.1) is 17.8 Å². The number of nitrogens with one attached hydrogen (secondary N) is 1. The molecule has 4 heterocycles. The van der Waals surface area contributed by atoms with Gasteiger partial charge in [0.15, 0.2) is 0 Å². The highest BCUT2D eigenvalue weighted by atomic mass is 32.2. The van der Waals surface area contributed by atoms with Crippen LogP contribution in [-0.4, -0.2) is 91.3 Å². The molecule has 4 aromatic rings. The Morgan fingerprint density at radius 2 is 1.74 bits per heavy atom. The van der Waals surface area contributed by atoms with Crippen LogP contribution in [0.5, 0.6) is 5.75 Å². The molecule has 2 aliphatic heterocycles. The Bertz CT molecular complexity index is 1640. The summed E-state index contributed by atoms with van der Waals surface area (Å²) in [7, 11) is 0. The second-order valence-corrected chi connectivity index (χ2v) is 11.7. The molecule has 2 aliphatic rings. The maximum atomic E-state index is 12.7. The van der Waals surface area contributed by atoms with Crippen molar-refractivity contribution in [3.63, 3.8) is 0 Å². The van der Waals surface area contributed by atoms with E-state index in [2.05, 4.69) is 25.9 Å². The summed E-state index contributed by atoms with van der Waals surface area (Å²) in [6.07, 6.45) is 0.228. The summed E-state index contributed by atoms with van der Waals surface area (Å²) in [5, 5.41) is 10.7. The Morgan fingerprint density at radius 1 is 1.02 bits per heavy atom. The molecule has 0 bridgehead atoms. The third-order valence-electron chi connectivity index (χ3n) is 8.03. The van der Waals surface area contributed by atoms with E-state index >= 15 is 0 Å². The molecule has 2 aromatic heterocycles. The van der Waals surface area contributed by atoms with E-state index in [1.807, 2.05) is 36.4 Å². The van der Waals surface area contributed by atoms with Crippen molar-refractivity contribution in [1.82, 2.24) is 24.2 Å². The van der Waals surface area contributed by atoms with E-state index in [-0.39, 0.29) is 12.6 Å². The van der Waals surface area contributed by atoms with Crippen LogP contribution in [0.15, 0.2) is 54.9 Å². The van der Waals surface area contributed by atoms with Crippen molar-refractivity contribution in [2.45, 2.75) is 25.4 Å². The molecule has 1 atom stereocenters. The van der Waals surface area contributed by atoms with E-state index in [0.717, 1.165) is 27.9 Å². The van der Waals surface area contributed by atoms with Gasteiger partial charge in [0, 0.05) is 61.6 Å². The van der Waals surface area contributed by atoms with E-state index in [1.54, 1.807) is 17.0 Å². The van der Waals surface area contributed by atoms with E-state index in [9.17, 15) is 22.8 Å². The lowest BCUT2D eigenvalue weighted by molar-refractivity contribution is 0.0854. The lowest BCUT2D eigenvalue weighted by atomic mass is 10.0. The van der Waals surface area contributed by atoms with Crippen molar-refractivity contribution < 1.29 is 22.3 Å². The molecule has 2 fully saturated rings. The lowest BCUT2D eigenvalue weighted by Gasteiger charge is -2.35. The molecule has 2 saturated heterocycles. The Hall–Kier alpha value is -3.96. The number of nitrogens with zero attached hydrogens (tertiary/aromatic N) is 6. The molecule has 6 rings (SSSR count). The average Bonchev–Trinajstić information content (AvgIpc) is 3.46. The van der Waals surface area contributed by atoms with Crippen LogP contribution >= 0.6 is 0 Å². The molecular formula is C30H31F2N7O3S. The summed E-state index contributed by atoms with van der Waals surface area (Å²) < 4.78 is 53.6. The molecule has 0 radical (unpaired) electrons. The maximum Gasteiger partial charge on any atom is 0.251 e. The highest BCUT2D eigenvalue weighted by Crippen LogP contribution is 2.33. The molecule has 2 N–H and O–H groups in total. The lowest BCUT2D eigenvalue weighted by Crippen LogP contribution is -2.47. The quantitative estimate of drug-likeness (QED) is 0.280. The van der Waals surface area contributed by atoms with Crippen molar-refractivity contribution in [1.29, 1.82) is 5.26 Å². The zero-order valence-corrected chi connectivity index (χ0v) is 24.1. The second-order valence-electron chi connectivity index (χ2n) is 10.7. The summed E-state index contributed by atoms with van der Waals surface area (Å²) in [6.45, 7) is 3.36. The minimum absolute atomic E-state index is 0.141. The molecule has 0 spiro atoms. The first-order valence-electron chi connectivity index (χ1n) is 14.1.